The molecule has 0 spiro atoms. The first-order valence-electron chi connectivity index (χ1n) is 18.6. The lowest BCUT2D eigenvalue weighted by Gasteiger charge is -2.33. The zero-order valence-electron chi connectivity index (χ0n) is 32.5. The first-order chi connectivity index (χ1) is 26.4. The fourth-order valence-electron chi connectivity index (χ4n) is 7.06. The normalized spacial score (nSPS) is 11.3. The topological polar surface area (TPSA) is 60.8 Å². The van der Waals surface area contributed by atoms with Crippen LogP contribution in [-0.2, 0) is 16.0 Å². The number of hydrogen-bond acceptors (Lipinski definition) is 3. The minimum Gasteiger partial charge on any atom is -0.376 e. The molecule has 0 unspecified atom stereocenters. The third-order valence-electron chi connectivity index (χ3n) is 10.2. The predicted octanol–water partition coefficient (Wildman–Crippen LogP) is 10.5. The number of carbonyl (C=O) groups excluding carboxylic acids is 1. The van der Waals surface area contributed by atoms with Gasteiger partial charge in [0, 0.05) is 25.2 Å². The molecular formula is C51H49NO3. The summed E-state index contributed by atoms with van der Waals surface area (Å²) >= 11 is 0. The molecule has 276 valence electrons. The summed E-state index contributed by atoms with van der Waals surface area (Å²) in [7, 11) is 3.38. The van der Waals surface area contributed by atoms with Crippen molar-refractivity contribution in [2.24, 2.45) is 0 Å². The number of rotatable bonds is 9. The highest BCUT2D eigenvalue weighted by molar-refractivity contribution is 5.77. The molecule has 7 aromatic rings. The summed E-state index contributed by atoms with van der Waals surface area (Å²) in [4.78, 5) is 10.9. The van der Waals surface area contributed by atoms with E-state index in [0.717, 1.165) is 84.3 Å². The summed E-state index contributed by atoms with van der Waals surface area (Å²) < 4.78 is 0. The molecule has 0 fully saturated rings. The number of amides is 1. The van der Waals surface area contributed by atoms with Crippen LogP contribution in [0.2, 0.25) is 0 Å². The van der Waals surface area contributed by atoms with E-state index < -0.39 is 11.2 Å². The van der Waals surface area contributed by atoms with E-state index in [1.807, 2.05) is 84.9 Å². The van der Waals surface area contributed by atoms with Crippen LogP contribution in [0.3, 0.4) is 0 Å². The Morgan fingerprint density at radius 2 is 0.636 bits per heavy atom. The summed E-state index contributed by atoms with van der Waals surface area (Å²) in [5, 5.41) is 25.7. The maximum atomic E-state index is 12.8. The van der Waals surface area contributed by atoms with Crippen LogP contribution in [0.1, 0.15) is 55.6 Å². The van der Waals surface area contributed by atoms with Crippen molar-refractivity contribution in [3.05, 3.63) is 225 Å². The lowest BCUT2D eigenvalue weighted by Crippen LogP contribution is -2.29. The SMILES string of the molecule is CN(C)C=O.Cc1ccc(C(O)(c2ccc(C)cc2)c2ccccc2-c2ccc(-c3ccccc3C(O)(c3ccc(C)cc3)c3ccc(C)cc3)cc2)cc1. The predicted molar refractivity (Wildman–Crippen MR) is 226 cm³/mol. The van der Waals surface area contributed by atoms with Gasteiger partial charge in [-0.25, -0.2) is 0 Å². The van der Waals surface area contributed by atoms with Crippen LogP contribution < -0.4 is 0 Å². The molecule has 0 atom stereocenters. The third kappa shape index (κ3) is 8.07. The van der Waals surface area contributed by atoms with Gasteiger partial charge in [-0.05, 0) is 72.2 Å². The molecule has 0 heterocycles. The second-order valence-electron chi connectivity index (χ2n) is 14.6. The van der Waals surface area contributed by atoms with Gasteiger partial charge >= 0.3 is 0 Å². The highest BCUT2D eigenvalue weighted by atomic mass is 16.3. The largest absolute Gasteiger partial charge is 0.376 e. The van der Waals surface area contributed by atoms with Crippen molar-refractivity contribution in [1.82, 2.24) is 4.90 Å². The van der Waals surface area contributed by atoms with Gasteiger partial charge < -0.3 is 15.1 Å². The Morgan fingerprint density at radius 3 is 0.873 bits per heavy atom. The van der Waals surface area contributed by atoms with E-state index in [2.05, 4.69) is 113 Å². The van der Waals surface area contributed by atoms with E-state index in [-0.39, 0.29) is 0 Å². The molecular weight excluding hydrogens is 675 g/mol. The van der Waals surface area contributed by atoms with Gasteiger partial charge in [0.15, 0.2) is 0 Å². The number of hydrogen-bond donors (Lipinski definition) is 2. The summed E-state index contributed by atoms with van der Waals surface area (Å²) in [6.45, 7) is 8.24. The lowest BCUT2D eigenvalue weighted by molar-refractivity contribution is -0.115. The first kappa shape index (κ1) is 38.6. The Hall–Kier alpha value is -6.07. The van der Waals surface area contributed by atoms with Crippen molar-refractivity contribution in [3.8, 4) is 22.3 Å². The Labute approximate surface area is 326 Å². The summed E-state index contributed by atoms with van der Waals surface area (Å²) in [6, 6.07) is 57.3. The molecule has 2 N–H and O–H groups in total. The van der Waals surface area contributed by atoms with Crippen molar-refractivity contribution in [1.29, 1.82) is 0 Å². The number of carbonyl (C=O) groups is 1. The molecule has 0 radical (unpaired) electrons. The monoisotopic (exact) mass is 723 g/mol. The molecule has 55 heavy (non-hydrogen) atoms. The van der Waals surface area contributed by atoms with Crippen LogP contribution in [-0.4, -0.2) is 35.6 Å². The van der Waals surface area contributed by atoms with Crippen LogP contribution in [0, 0.1) is 27.7 Å². The van der Waals surface area contributed by atoms with E-state index in [1.165, 1.54) is 4.90 Å². The van der Waals surface area contributed by atoms with Gasteiger partial charge in [-0.15, -0.1) is 0 Å². The summed E-state index contributed by atoms with van der Waals surface area (Å²) in [5.41, 5.74) is 10.6. The summed E-state index contributed by atoms with van der Waals surface area (Å²) in [6.07, 6.45) is 0.750. The van der Waals surface area contributed by atoms with Crippen molar-refractivity contribution in [3.63, 3.8) is 0 Å². The average molecular weight is 724 g/mol. The molecule has 0 saturated carbocycles. The molecule has 7 aromatic carbocycles. The Balaban J connectivity index is 0.000000967. The Kier molecular flexibility index (Phi) is 11.6. The molecule has 0 aliphatic rings. The van der Waals surface area contributed by atoms with Crippen molar-refractivity contribution in [2.45, 2.75) is 38.9 Å². The maximum absolute atomic E-state index is 12.8. The van der Waals surface area contributed by atoms with Crippen LogP contribution in [0.5, 0.6) is 0 Å². The molecule has 0 bridgehead atoms. The number of aliphatic hydroxyl groups is 2. The molecule has 0 saturated heterocycles. The number of benzene rings is 7. The molecule has 1 amide bonds. The smallest absolute Gasteiger partial charge is 0.209 e. The van der Waals surface area contributed by atoms with E-state index >= 15 is 0 Å². The average Bonchev–Trinajstić information content (AvgIpc) is 3.21. The van der Waals surface area contributed by atoms with E-state index in [9.17, 15) is 15.0 Å². The maximum Gasteiger partial charge on any atom is 0.209 e. The van der Waals surface area contributed by atoms with Gasteiger partial charge in [-0.2, -0.15) is 0 Å². The van der Waals surface area contributed by atoms with Crippen LogP contribution in [0.4, 0.5) is 0 Å². The van der Waals surface area contributed by atoms with E-state index in [4.69, 9.17) is 0 Å². The van der Waals surface area contributed by atoms with Crippen molar-refractivity contribution < 1.29 is 15.0 Å². The minimum atomic E-state index is -1.37. The molecule has 4 nitrogen and oxygen atoms in total. The van der Waals surface area contributed by atoms with Gasteiger partial charge in [0.2, 0.25) is 6.41 Å². The summed E-state index contributed by atoms with van der Waals surface area (Å²) in [5.74, 6) is 0. The molecule has 7 rings (SSSR count). The van der Waals surface area contributed by atoms with E-state index in [0.29, 0.717) is 0 Å². The number of nitrogens with zero attached hydrogens (tertiary/aromatic N) is 1. The highest BCUT2D eigenvalue weighted by Crippen LogP contribution is 2.44. The van der Waals surface area contributed by atoms with Gasteiger partial charge in [-0.1, -0.05) is 192 Å². The van der Waals surface area contributed by atoms with Crippen LogP contribution in [0.25, 0.3) is 22.3 Å². The Morgan fingerprint density at radius 1 is 0.400 bits per heavy atom. The van der Waals surface area contributed by atoms with Gasteiger partial charge in [0.05, 0.1) is 0 Å². The Bertz CT molecular complexity index is 2090. The molecule has 0 aliphatic heterocycles. The van der Waals surface area contributed by atoms with Crippen molar-refractivity contribution >= 4 is 6.41 Å². The third-order valence-corrected chi connectivity index (χ3v) is 10.2. The van der Waals surface area contributed by atoms with Gasteiger partial charge in [0.25, 0.3) is 0 Å². The zero-order valence-corrected chi connectivity index (χ0v) is 32.5. The lowest BCUT2D eigenvalue weighted by atomic mass is 9.76. The highest BCUT2D eigenvalue weighted by Gasteiger charge is 2.37. The number of aryl methyl sites for hydroxylation is 4. The zero-order chi connectivity index (χ0) is 39.2. The molecule has 4 heteroatoms. The van der Waals surface area contributed by atoms with Crippen LogP contribution >= 0.6 is 0 Å². The van der Waals surface area contributed by atoms with E-state index in [1.54, 1.807) is 14.1 Å². The van der Waals surface area contributed by atoms with Crippen LogP contribution in [0.15, 0.2) is 170 Å². The second-order valence-corrected chi connectivity index (χ2v) is 14.6. The molecule has 0 aromatic heterocycles. The second kappa shape index (κ2) is 16.5. The minimum absolute atomic E-state index is 0.750. The fraction of sp³-hybridized carbons (Fsp3) is 0.157. The van der Waals surface area contributed by atoms with Crippen molar-refractivity contribution in [2.75, 3.05) is 14.1 Å². The first-order valence-corrected chi connectivity index (χ1v) is 18.6. The van der Waals surface area contributed by atoms with Gasteiger partial charge in [-0.3, -0.25) is 4.79 Å². The van der Waals surface area contributed by atoms with Gasteiger partial charge in [0.1, 0.15) is 11.2 Å². The standard InChI is InChI=1S/C48H42O2.C3H7NO/c1-33-13-25-39(26-14-33)47(49,40-27-15-34(2)16-28-40)45-11-7-5-9-43(45)37-21-23-38(24-22-37)44-10-6-8-12-46(44)48(50,41-29-17-35(3)18-30-41)42-31-19-36(4)20-32-42;1-4(2)3-5/h5-32,49-50H,1-4H3;3H,1-2H3. The molecule has 0 aliphatic carbocycles. The quantitative estimate of drug-likeness (QED) is 0.115. The fourth-order valence-corrected chi connectivity index (χ4v) is 7.06.